The van der Waals surface area contributed by atoms with Crippen molar-refractivity contribution in [3.8, 4) is 0 Å². The van der Waals surface area contributed by atoms with Crippen molar-refractivity contribution >= 4 is 31.3 Å². The first kappa shape index (κ1) is 60.9. The average Bonchev–Trinajstić information content (AvgIpc) is 3.17. The Morgan fingerprint density at radius 2 is 0.492 bits per heavy atom. The van der Waals surface area contributed by atoms with Crippen LogP contribution in [0.2, 0.25) is 0 Å². The second kappa shape index (κ2) is 35.1. The first-order valence-corrected chi connectivity index (χ1v) is 25.0. The molecule has 0 saturated heterocycles. The second-order valence-electron chi connectivity index (χ2n) is 12.3. The van der Waals surface area contributed by atoms with E-state index in [0.29, 0.717) is 99.1 Å². The summed E-state index contributed by atoms with van der Waals surface area (Å²) in [7, 11) is -21.3. The molecular formula is C29H62O30P4. The Morgan fingerprint density at radius 3 is 0.683 bits per heavy atom. The molecule has 1 rings (SSSR count). The fourth-order valence-electron chi connectivity index (χ4n) is 5.01. The van der Waals surface area contributed by atoms with Gasteiger partial charge in [-0.2, -0.15) is 0 Å². The lowest BCUT2D eigenvalue weighted by Crippen LogP contribution is -2.66. The molecule has 1 saturated carbocycles. The van der Waals surface area contributed by atoms with Crippen LogP contribution in [0.3, 0.4) is 0 Å². The van der Waals surface area contributed by atoms with Gasteiger partial charge in [0.2, 0.25) is 0 Å². The van der Waals surface area contributed by atoms with Crippen LogP contribution in [0, 0.1) is 0 Å². The Bertz CT molecular complexity index is 1250. The van der Waals surface area contributed by atoms with Crippen molar-refractivity contribution in [2.45, 2.75) is 36.6 Å². The van der Waals surface area contributed by atoms with Crippen LogP contribution in [0.1, 0.15) is 0 Å². The zero-order valence-corrected chi connectivity index (χ0v) is 38.0. The Morgan fingerprint density at radius 1 is 0.302 bits per heavy atom. The summed E-state index contributed by atoms with van der Waals surface area (Å²) in [5.74, 6) is 0. The fraction of sp³-hybridized carbons (Fsp3) is 1.00. The molecule has 0 radical (unpaired) electrons. The van der Waals surface area contributed by atoms with Crippen LogP contribution in [-0.4, -0.2) is 233 Å². The zero-order chi connectivity index (χ0) is 47.0. The van der Waals surface area contributed by atoms with E-state index >= 15 is 0 Å². The molecule has 1 aliphatic carbocycles. The van der Waals surface area contributed by atoms with Crippen molar-refractivity contribution in [2.24, 2.45) is 0 Å². The highest BCUT2D eigenvalue weighted by molar-refractivity contribution is 7.47. The van der Waals surface area contributed by atoms with Gasteiger partial charge in [0.15, 0.2) is 6.10 Å². The average molecular weight is 1010 g/mol. The minimum atomic E-state index is -5.72. The summed E-state index contributed by atoms with van der Waals surface area (Å²) >= 11 is 0. The summed E-state index contributed by atoms with van der Waals surface area (Å²) in [5.41, 5.74) is 0. The zero-order valence-electron chi connectivity index (χ0n) is 34.4. The summed E-state index contributed by atoms with van der Waals surface area (Å²) in [5, 5.41) is 9.48. The first-order valence-electron chi connectivity index (χ1n) is 18.9. The van der Waals surface area contributed by atoms with Gasteiger partial charge < -0.3 is 96.0 Å². The maximum Gasteiger partial charge on any atom is 0.470 e. The SMILES string of the molecule is COCCOCCOCCOCCOCCOCCOCCOCCOCCOCCOCCOC1C(OP(=O)(O)O)[C@H](OP(=O)(O)O)C(OO)C(OP(=O)(O)O)[C@@H]1OP(=O)(O)O. The van der Waals surface area contributed by atoms with Gasteiger partial charge in [0.1, 0.15) is 30.5 Å². The van der Waals surface area contributed by atoms with E-state index in [1.165, 1.54) is 0 Å². The number of hydrogen-bond donors (Lipinski definition) is 9. The first-order chi connectivity index (χ1) is 29.8. The second-order valence-corrected chi connectivity index (χ2v) is 17.0. The van der Waals surface area contributed by atoms with E-state index in [1.807, 2.05) is 0 Å². The van der Waals surface area contributed by atoms with Gasteiger partial charge in [-0.05, 0) is 0 Å². The molecule has 0 aliphatic heterocycles. The molecule has 1 aliphatic rings. The summed E-state index contributed by atoms with van der Waals surface area (Å²) in [4.78, 5) is 79.6. The highest BCUT2D eigenvalue weighted by Gasteiger charge is 2.61. The lowest BCUT2D eigenvalue weighted by atomic mass is 9.85. The van der Waals surface area contributed by atoms with Gasteiger partial charge in [-0.1, -0.05) is 0 Å². The van der Waals surface area contributed by atoms with Crippen LogP contribution in [0.4, 0.5) is 0 Å². The predicted octanol–water partition coefficient (Wildman–Crippen LogP) is -2.03. The number of ether oxygens (including phenoxy) is 12. The highest BCUT2D eigenvalue weighted by atomic mass is 31.2. The van der Waals surface area contributed by atoms with Gasteiger partial charge in [-0.15, -0.1) is 0 Å². The van der Waals surface area contributed by atoms with Crippen LogP contribution in [0.5, 0.6) is 0 Å². The molecule has 0 aromatic heterocycles. The highest BCUT2D eigenvalue weighted by Crippen LogP contribution is 2.53. The van der Waals surface area contributed by atoms with Crippen LogP contribution < -0.4 is 0 Å². The van der Waals surface area contributed by atoms with Crippen LogP contribution in [0.15, 0.2) is 0 Å². The van der Waals surface area contributed by atoms with Crippen molar-refractivity contribution in [3.63, 3.8) is 0 Å². The van der Waals surface area contributed by atoms with Gasteiger partial charge in [0.25, 0.3) is 0 Å². The quantitative estimate of drug-likeness (QED) is 0.0138. The van der Waals surface area contributed by atoms with E-state index in [1.54, 1.807) is 7.11 Å². The summed E-state index contributed by atoms with van der Waals surface area (Å²) < 4.78 is 129. The molecule has 4 unspecified atom stereocenters. The molecule has 0 spiro atoms. The molecule has 0 heterocycles. The smallest absolute Gasteiger partial charge is 0.382 e. The maximum atomic E-state index is 11.8. The van der Waals surface area contributed by atoms with Crippen LogP contribution in [0.25, 0.3) is 0 Å². The molecule has 1 fully saturated rings. The van der Waals surface area contributed by atoms with E-state index in [9.17, 15) is 62.7 Å². The third-order valence-corrected chi connectivity index (χ3v) is 9.49. The summed E-state index contributed by atoms with van der Waals surface area (Å²) in [6, 6.07) is 0. The molecular weight excluding hydrogens is 952 g/mol. The van der Waals surface area contributed by atoms with Crippen molar-refractivity contribution < 1.29 is 142 Å². The van der Waals surface area contributed by atoms with E-state index in [2.05, 4.69) is 23.0 Å². The van der Waals surface area contributed by atoms with Gasteiger partial charge in [-0.25, -0.2) is 23.1 Å². The maximum absolute atomic E-state index is 11.8. The van der Waals surface area contributed by atoms with Crippen LogP contribution >= 0.6 is 31.3 Å². The Kier molecular flexibility index (Phi) is 33.9. The largest absolute Gasteiger partial charge is 0.470 e. The summed E-state index contributed by atoms with van der Waals surface area (Å²) in [6.45, 7) is 6.09. The lowest BCUT2D eigenvalue weighted by Gasteiger charge is -2.47. The van der Waals surface area contributed by atoms with Gasteiger partial charge in [0.05, 0.1) is 145 Å². The topological polar surface area (TPSA) is 407 Å². The molecule has 9 N–H and O–H groups in total. The normalized spacial score (nSPS) is 21.4. The van der Waals surface area contributed by atoms with Crippen molar-refractivity contribution in [3.05, 3.63) is 0 Å². The molecule has 0 aromatic carbocycles. The fourth-order valence-corrected chi connectivity index (χ4v) is 7.24. The van der Waals surface area contributed by atoms with E-state index in [0.717, 1.165) is 0 Å². The number of phosphoric ester groups is 4. The Labute approximate surface area is 362 Å². The summed E-state index contributed by atoms with van der Waals surface area (Å²) in [6.07, 6.45) is -15.2. The minimum absolute atomic E-state index is 0.0242. The van der Waals surface area contributed by atoms with Crippen molar-refractivity contribution in [1.29, 1.82) is 0 Å². The van der Waals surface area contributed by atoms with Gasteiger partial charge >= 0.3 is 31.3 Å². The van der Waals surface area contributed by atoms with Crippen molar-refractivity contribution in [1.82, 2.24) is 0 Å². The lowest BCUT2D eigenvalue weighted by molar-refractivity contribution is -0.343. The van der Waals surface area contributed by atoms with E-state index in [-0.39, 0.29) is 39.6 Å². The third-order valence-electron chi connectivity index (χ3n) is 7.42. The number of hydrogen-bond acceptors (Lipinski definition) is 22. The monoisotopic (exact) mass is 1010 g/mol. The predicted molar refractivity (Wildman–Crippen MR) is 205 cm³/mol. The van der Waals surface area contributed by atoms with Crippen LogP contribution in [-0.2, 0) is 98.1 Å². The number of methoxy groups -OCH3 is 1. The number of rotatable bonds is 43. The standard InChI is InChI=1S/C29H62O30P4/c1-43-2-3-44-4-5-45-6-7-46-8-9-47-10-11-48-12-13-49-14-15-50-16-17-51-18-19-52-20-21-53-22-23-54-24-26(56-60(31,32)33)28(58-62(37,38)39)25(55-30)29(59-63(40,41)42)27(24)57-61(34,35)36/h24-30H,2-23H2,1H3,(H2,31,32,33)(H2,34,35,36)(H2,37,38,39)(H2,40,41,42)/t24?,25?,26-,27?,28?,29-/m1/s1. The third kappa shape index (κ3) is 33.9. The van der Waals surface area contributed by atoms with E-state index in [4.69, 9.17) is 56.8 Å². The van der Waals surface area contributed by atoms with Gasteiger partial charge in [-0.3, -0.25) is 23.4 Å². The van der Waals surface area contributed by atoms with E-state index < -0.39 is 74.5 Å². The molecule has 30 nitrogen and oxygen atoms in total. The van der Waals surface area contributed by atoms with Crippen molar-refractivity contribution in [2.75, 3.05) is 152 Å². The Balaban J connectivity index is 2.23. The number of phosphoric acid groups is 4. The molecule has 0 aromatic rings. The molecule has 378 valence electrons. The molecule has 0 amide bonds. The minimum Gasteiger partial charge on any atom is -0.382 e. The molecule has 34 heteroatoms. The molecule has 6 atom stereocenters. The molecule has 0 bridgehead atoms. The molecule has 63 heavy (non-hydrogen) atoms. The van der Waals surface area contributed by atoms with Gasteiger partial charge in [0, 0.05) is 7.11 Å². The Hall–Kier alpha value is -0.120.